The molecule has 0 rings (SSSR count). The van der Waals surface area contributed by atoms with Crippen LogP contribution in [0.3, 0.4) is 0 Å². The maximum atomic E-state index is 12.5. The van der Waals surface area contributed by atoms with Crippen LogP contribution < -0.4 is 5.32 Å². The van der Waals surface area contributed by atoms with Gasteiger partial charge in [0.25, 0.3) is 0 Å². The molecule has 6 heteroatoms. The molecule has 0 spiro atoms. The van der Waals surface area contributed by atoms with Crippen molar-refractivity contribution in [3.63, 3.8) is 0 Å². The summed E-state index contributed by atoms with van der Waals surface area (Å²) < 4.78 is 5.47. The molecule has 1 amide bonds. The monoisotopic (exact) mass is 940 g/mol. The van der Waals surface area contributed by atoms with Gasteiger partial charge in [0.1, 0.15) is 0 Å². The number of hydrogen-bond donors (Lipinski definition) is 3. The molecule has 0 aromatic heterocycles. The second kappa shape index (κ2) is 56.4. The quantitative estimate of drug-likeness (QED) is 0.0321. The number of aliphatic hydroxyl groups is 2. The molecule has 0 aliphatic heterocycles. The minimum Gasteiger partial charge on any atom is -0.466 e. The first-order chi connectivity index (χ1) is 33.0. The van der Waals surface area contributed by atoms with Gasteiger partial charge in [0.15, 0.2) is 0 Å². The highest BCUT2D eigenvalue weighted by Crippen LogP contribution is 2.17. The highest BCUT2D eigenvalue weighted by atomic mass is 16.5. The summed E-state index contributed by atoms with van der Waals surface area (Å²) in [5.41, 5.74) is 0. The van der Waals surface area contributed by atoms with Gasteiger partial charge in [-0.25, -0.2) is 0 Å². The van der Waals surface area contributed by atoms with E-state index < -0.39 is 12.1 Å². The Morgan fingerprint density at radius 2 is 0.761 bits per heavy atom. The lowest BCUT2D eigenvalue weighted by Crippen LogP contribution is -2.45. The van der Waals surface area contributed by atoms with Crippen LogP contribution in [-0.4, -0.2) is 47.4 Å². The predicted molar refractivity (Wildman–Crippen MR) is 292 cm³/mol. The van der Waals surface area contributed by atoms with E-state index in [1.807, 2.05) is 6.08 Å². The molecule has 0 aromatic rings. The summed E-state index contributed by atoms with van der Waals surface area (Å²) in [5, 5.41) is 23.2. The Morgan fingerprint density at radius 3 is 1.18 bits per heavy atom. The normalized spacial score (nSPS) is 13.0. The maximum Gasteiger partial charge on any atom is 0.305 e. The summed E-state index contributed by atoms with van der Waals surface area (Å²) in [7, 11) is 0. The molecular formula is C61H113NO5. The van der Waals surface area contributed by atoms with Crippen molar-refractivity contribution in [3.05, 3.63) is 48.6 Å². The molecule has 0 heterocycles. The van der Waals surface area contributed by atoms with Crippen molar-refractivity contribution in [3.8, 4) is 0 Å². The summed E-state index contributed by atoms with van der Waals surface area (Å²) in [4.78, 5) is 24.5. The lowest BCUT2D eigenvalue weighted by molar-refractivity contribution is -0.143. The fraction of sp³-hybridized carbons (Fsp3) is 0.836. The minimum atomic E-state index is -0.701. The van der Waals surface area contributed by atoms with Crippen LogP contribution in [0, 0.1) is 0 Å². The molecule has 0 aromatic carbocycles. The fourth-order valence-corrected chi connectivity index (χ4v) is 8.84. The van der Waals surface area contributed by atoms with Crippen LogP contribution in [0.5, 0.6) is 0 Å². The summed E-state index contributed by atoms with van der Waals surface area (Å²) in [6.45, 7) is 4.88. The highest BCUT2D eigenvalue weighted by molar-refractivity contribution is 5.76. The molecule has 0 saturated carbocycles. The van der Waals surface area contributed by atoms with Crippen LogP contribution in [0.4, 0.5) is 0 Å². The number of carbonyl (C=O) groups is 2. The molecule has 2 atom stereocenters. The lowest BCUT2D eigenvalue weighted by Gasteiger charge is -2.22. The smallest absolute Gasteiger partial charge is 0.305 e. The van der Waals surface area contributed by atoms with Gasteiger partial charge in [-0.15, -0.1) is 0 Å². The molecule has 0 saturated heterocycles. The zero-order valence-corrected chi connectivity index (χ0v) is 44.6. The third-order valence-electron chi connectivity index (χ3n) is 13.4. The SMILES string of the molecule is CCCCCC/C=C\C/C=C\CCCCCCCCCC(=O)OCCCCCCCC/C=C\C/C=C\CCC(=O)NC(CO)C(O)CCCCCCCCCCCCCCCCCCCCC. The number of esters is 1. The average Bonchev–Trinajstić information content (AvgIpc) is 3.33. The number of amides is 1. The Hall–Kier alpha value is -2.18. The molecule has 3 N–H and O–H groups in total. The van der Waals surface area contributed by atoms with Crippen molar-refractivity contribution in [2.45, 2.75) is 315 Å². The summed E-state index contributed by atoms with van der Waals surface area (Å²) in [6.07, 6.45) is 71.1. The second-order valence-electron chi connectivity index (χ2n) is 20.0. The molecule has 0 bridgehead atoms. The standard InChI is InChI=1S/C61H113NO5/c1-3-5-7-9-11-13-15-17-19-21-23-24-26-29-33-37-41-45-49-53-59(64)58(57-63)62-60(65)54-50-46-42-38-34-30-28-32-36-40-44-48-52-56-67-61(66)55-51-47-43-39-35-31-27-25-22-20-18-16-14-12-10-8-6-4-2/h14,16,20,22,30,34,42,46,58-59,63-64H,3-13,15,17-19,21,23-29,31-33,35-41,43-45,47-57H2,1-2H3,(H,62,65)/b16-14-,22-20-,34-30-,46-42-. The fourth-order valence-electron chi connectivity index (χ4n) is 8.84. The van der Waals surface area contributed by atoms with E-state index in [9.17, 15) is 19.8 Å². The first-order valence-electron chi connectivity index (χ1n) is 29.4. The van der Waals surface area contributed by atoms with Gasteiger partial charge >= 0.3 is 5.97 Å². The number of ether oxygens (including phenoxy) is 1. The van der Waals surface area contributed by atoms with Gasteiger partial charge in [-0.2, -0.15) is 0 Å². The Bertz CT molecular complexity index is 1130. The molecule has 0 fully saturated rings. The van der Waals surface area contributed by atoms with Gasteiger partial charge in [-0.3, -0.25) is 9.59 Å². The maximum absolute atomic E-state index is 12.5. The van der Waals surface area contributed by atoms with E-state index in [1.165, 1.54) is 205 Å². The van der Waals surface area contributed by atoms with E-state index in [0.717, 1.165) is 57.8 Å². The van der Waals surface area contributed by atoms with Crippen LogP contribution in [0.1, 0.15) is 303 Å². The van der Waals surface area contributed by atoms with Gasteiger partial charge in [-0.1, -0.05) is 262 Å². The summed E-state index contributed by atoms with van der Waals surface area (Å²) in [6, 6.07) is -0.587. The first kappa shape index (κ1) is 64.8. The number of rotatable bonds is 54. The largest absolute Gasteiger partial charge is 0.466 e. The van der Waals surface area contributed by atoms with Crippen molar-refractivity contribution < 1.29 is 24.5 Å². The highest BCUT2D eigenvalue weighted by Gasteiger charge is 2.19. The number of hydrogen-bond acceptors (Lipinski definition) is 5. The third kappa shape index (κ3) is 53.0. The number of unbranched alkanes of at least 4 members (excludes halogenated alkanes) is 35. The zero-order chi connectivity index (χ0) is 48.6. The minimum absolute atomic E-state index is 0.0243. The molecule has 0 aliphatic rings. The Kier molecular flexibility index (Phi) is 54.6. The van der Waals surface area contributed by atoms with E-state index in [0.29, 0.717) is 32.3 Å². The number of allylic oxidation sites excluding steroid dienone is 8. The van der Waals surface area contributed by atoms with E-state index in [2.05, 4.69) is 61.7 Å². The van der Waals surface area contributed by atoms with Gasteiger partial charge in [0, 0.05) is 12.8 Å². The summed E-state index contributed by atoms with van der Waals surface area (Å²) in [5.74, 6) is -0.139. The average molecular weight is 941 g/mol. The molecule has 6 nitrogen and oxygen atoms in total. The topological polar surface area (TPSA) is 95.9 Å². The first-order valence-corrected chi connectivity index (χ1v) is 29.4. The van der Waals surface area contributed by atoms with E-state index in [-0.39, 0.29) is 18.5 Å². The van der Waals surface area contributed by atoms with Crippen molar-refractivity contribution in [1.29, 1.82) is 0 Å². The van der Waals surface area contributed by atoms with Crippen molar-refractivity contribution in [2.75, 3.05) is 13.2 Å². The molecular weight excluding hydrogens is 827 g/mol. The molecule has 0 radical (unpaired) electrons. The van der Waals surface area contributed by atoms with Gasteiger partial charge in [-0.05, 0) is 77.0 Å². The van der Waals surface area contributed by atoms with E-state index >= 15 is 0 Å². The number of aliphatic hydroxyl groups excluding tert-OH is 2. The van der Waals surface area contributed by atoms with E-state index in [4.69, 9.17) is 4.74 Å². The van der Waals surface area contributed by atoms with Crippen LogP contribution >= 0.6 is 0 Å². The second-order valence-corrected chi connectivity index (χ2v) is 20.0. The van der Waals surface area contributed by atoms with Gasteiger partial charge in [0.05, 0.1) is 25.4 Å². The van der Waals surface area contributed by atoms with Crippen molar-refractivity contribution in [1.82, 2.24) is 5.32 Å². The third-order valence-corrected chi connectivity index (χ3v) is 13.4. The zero-order valence-electron chi connectivity index (χ0n) is 44.6. The molecule has 392 valence electrons. The van der Waals surface area contributed by atoms with E-state index in [1.54, 1.807) is 0 Å². The lowest BCUT2D eigenvalue weighted by atomic mass is 10.0. The van der Waals surface area contributed by atoms with Crippen molar-refractivity contribution in [2.24, 2.45) is 0 Å². The van der Waals surface area contributed by atoms with Crippen LogP contribution in [0.25, 0.3) is 0 Å². The molecule has 2 unspecified atom stereocenters. The number of nitrogens with one attached hydrogen (secondary N) is 1. The Morgan fingerprint density at radius 1 is 0.418 bits per heavy atom. The van der Waals surface area contributed by atoms with Crippen LogP contribution in [0.15, 0.2) is 48.6 Å². The van der Waals surface area contributed by atoms with Gasteiger partial charge in [0.2, 0.25) is 5.91 Å². The van der Waals surface area contributed by atoms with Gasteiger partial charge < -0.3 is 20.3 Å². The van der Waals surface area contributed by atoms with Crippen LogP contribution in [-0.2, 0) is 14.3 Å². The van der Waals surface area contributed by atoms with Crippen molar-refractivity contribution >= 4 is 11.9 Å². The Labute approximate surface area is 416 Å². The van der Waals surface area contributed by atoms with Crippen LogP contribution in [0.2, 0.25) is 0 Å². The summed E-state index contributed by atoms with van der Waals surface area (Å²) >= 11 is 0. The predicted octanol–water partition coefficient (Wildman–Crippen LogP) is 18.2. The molecule has 67 heavy (non-hydrogen) atoms. The Balaban J connectivity index is 3.54. The number of carbonyl (C=O) groups excluding carboxylic acids is 2. The molecule has 0 aliphatic carbocycles.